The zero-order valence-corrected chi connectivity index (χ0v) is 16.9. The van der Waals surface area contributed by atoms with Crippen LogP contribution in [0.15, 0.2) is 4.99 Å². The number of fused-ring (bicyclic) bond motifs is 1. The topological polar surface area (TPSA) is 87.4 Å². The molecule has 3 rings (SSSR count). The van der Waals surface area contributed by atoms with Crippen molar-refractivity contribution in [3.63, 3.8) is 0 Å². The molecular formula is C16H29IN6O. The number of hydrogen-bond acceptors (Lipinski definition) is 4. The zero-order chi connectivity index (χ0) is 16.2. The Hall–Kier alpha value is -0.900. The molecule has 1 aromatic heterocycles. The van der Waals surface area contributed by atoms with Gasteiger partial charge in [0.15, 0.2) is 5.96 Å². The number of aliphatic hydroxyl groups excluding tert-OH is 1. The van der Waals surface area contributed by atoms with E-state index in [-0.39, 0.29) is 36.1 Å². The molecule has 3 unspecified atom stereocenters. The molecule has 2 aliphatic rings. The van der Waals surface area contributed by atoms with Crippen LogP contribution in [0.1, 0.15) is 56.7 Å². The van der Waals surface area contributed by atoms with Gasteiger partial charge < -0.3 is 15.7 Å². The molecule has 1 aliphatic carbocycles. The predicted octanol–water partition coefficient (Wildman–Crippen LogP) is 1.76. The summed E-state index contributed by atoms with van der Waals surface area (Å²) in [5, 5.41) is 21.2. The molecule has 2 heterocycles. The van der Waals surface area contributed by atoms with Gasteiger partial charge in [-0.25, -0.2) is 9.67 Å². The molecule has 1 aliphatic heterocycles. The smallest absolute Gasteiger partial charge is 0.191 e. The molecule has 8 heteroatoms. The Morgan fingerprint density at radius 3 is 2.88 bits per heavy atom. The number of nitrogens with one attached hydrogen (secondary N) is 2. The number of aryl methyl sites for hydroxylation is 2. The van der Waals surface area contributed by atoms with Crippen molar-refractivity contribution in [3.05, 3.63) is 11.6 Å². The van der Waals surface area contributed by atoms with E-state index in [1.54, 1.807) is 0 Å². The first kappa shape index (κ1) is 19.4. The van der Waals surface area contributed by atoms with Gasteiger partial charge in [-0.3, -0.25) is 4.99 Å². The first-order valence-corrected chi connectivity index (χ1v) is 8.81. The summed E-state index contributed by atoms with van der Waals surface area (Å²) in [5.74, 6) is 2.93. The maximum Gasteiger partial charge on any atom is 0.191 e. The fourth-order valence-electron chi connectivity index (χ4n) is 3.53. The Labute approximate surface area is 160 Å². The van der Waals surface area contributed by atoms with E-state index < -0.39 is 0 Å². The van der Waals surface area contributed by atoms with Crippen LogP contribution in [-0.4, -0.2) is 45.0 Å². The molecule has 0 amide bonds. The molecule has 3 atom stereocenters. The van der Waals surface area contributed by atoms with Crippen molar-refractivity contribution in [2.24, 2.45) is 10.9 Å². The van der Waals surface area contributed by atoms with E-state index in [9.17, 15) is 5.11 Å². The summed E-state index contributed by atoms with van der Waals surface area (Å²) in [4.78, 5) is 9.26. The fourth-order valence-corrected chi connectivity index (χ4v) is 3.53. The minimum Gasteiger partial charge on any atom is -0.393 e. The highest BCUT2D eigenvalue weighted by molar-refractivity contribution is 14.0. The van der Waals surface area contributed by atoms with Crippen LogP contribution in [0, 0.1) is 12.8 Å². The van der Waals surface area contributed by atoms with E-state index in [1.807, 2.05) is 11.6 Å². The van der Waals surface area contributed by atoms with Crippen LogP contribution in [0.2, 0.25) is 0 Å². The van der Waals surface area contributed by atoms with Crippen molar-refractivity contribution in [2.45, 2.75) is 64.6 Å². The van der Waals surface area contributed by atoms with E-state index >= 15 is 0 Å². The second-order valence-corrected chi connectivity index (χ2v) is 6.56. The van der Waals surface area contributed by atoms with E-state index in [0.717, 1.165) is 62.8 Å². The van der Waals surface area contributed by atoms with Crippen molar-refractivity contribution in [1.29, 1.82) is 0 Å². The summed E-state index contributed by atoms with van der Waals surface area (Å²) in [6.07, 6.45) is 5.03. The minimum atomic E-state index is -0.193. The number of aliphatic hydroxyl groups is 1. The van der Waals surface area contributed by atoms with E-state index in [1.165, 1.54) is 0 Å². The van der Waals surface area contributed by atoms with Gasteiger partial charge in [-0.2, -0.15) is 5.10 Å². The summed E-state index contributed by atoms with van der Waals surface area (Å²) < 4.78 is 2.00. The van der Waals surface area contributed by atoms with E-state index in [0.29, 0.717) is 12.5 Å². The average molecular weight is 448 g/mol. The first-order chi connectivity index (χ1) is 11.2. The SMILES string of the molecule is CCNC(=NCC1CCCC1O)NC1CCCn2nc(C)nc21.I. The third-order valence-corrected chi connectivity index (χ3v) is 4.74. The Morgan fingerprint density at radius 2 is 2.17 bits per heavy atom. The molecule has 0 radical (unpaired) electrons. The Balaban J connectivity index is 0.00000208. The maximum atomic E-state index is 9.95. The lowest BCUT2D eigenvalue weighted by atomic mass is 10.1. The number of rotatable bonds is 4. The van der Waals surface area contributed by atoms with Crippen LogP contribution in [0.5, 0.6) is 0 Å². The molecule has 1 aromatic rings. The first-order valence-electron chi connectivity index (χ1n) is 8.81. The third kappa shape index (κ3) is 4.59. The third-order valence-electron chi connectivity index (χ3n) is 4.74. The highest BCUT2D eigenvalue weighted by Gasteiger charge is 2.26. The summed E-state index contributed by atoms with van der Waals surface area (Å²) in [6.45, 7) is 6.43. The van der Waals surface area contributed by atoms with Crippen molar-refractivity contribution < 1.29 is 5.11 Å². The Bertz CT molecular complexity index is 561. The van der Waals surface area contributed by atoms with Crippen molar-refractivity contribution in [2.75, 3.05) is 13.1 Å². The van der Waals surface area contributed by atoms with Crippen LogP contribution in [0.25, 0.3) is 0 Å². The molecule has 7 nitrogen and oxygen atoms in total. The van der Waals surface area contributed by atoms with Crippen LogP contribution < -0.4 is 10.6 Å². The van der Waals surface area contributed by atoms with E-state index in [2.05, 4.69) is 27.6 Å². The largest absolute Gasteiger partial charge is 0.393 e. The van der Waals surface area contributed by atoms with Gasteiger partial charge in [0.1, 0.15) is 11.6 Å². The van der Waals surface area contributed by atoms with Gasteiger partial charge in [0.25, 0.3) is 0 Å². The molecule has 136 valence electrons. The van der Waals surface area contributed by atoms with Gasteiger partial charge in [0, 0.05) is 25.6 Å². The molecule has 3 N–H and O–H groups in total. The minimum absolute atomic E-state index is 0. The van der Waals surface area contributed by atoms with Crippen LogP contribution in [-0.2, 0) is 6.54 Å². The monoisotopic (exact) mass is 448 g/mol. The number of halogens is 1. The molecule has 0 spiro atoms. The van der Waals surface area contributed by atoms with Crippen LogP contribution in [0.3, 0.4) is 0 Å². The van der Waals surface area contributed by atoms with Crippen LogP contribution >= 0.6 is 24.0 Å². The second kappa shape index (κ2) is 8.98. The number of aliphatic imine (C=N–C) groups is 1. The number of aromatic nitrogens is 3. The van der Waals surface area contributed by atoms with Gasteiger partial charge in [0.2, 0.25) is 0 Å². The molecule has 0 aromatic carbocycles. The normalized spacial score (nSPS) is 26.6. The highest BCUT2D eigenvalue weighted by atomic mass is 127. The van der Waals surface area contributed by atoms with Gasteiger partial charge in [-0.05, 0) is 39.5 Å². The molecule has 1 fully saturated rings. The van der Waals surface area contributed by atoms with E-state index in [4.69, 9.17) is 4.99 Å². The standard InChI is InChI=1S/C16H28N6O.HI/c1-3-17-16(18-10-12-6-4-8-14(12)23)20-13-7-5-9-22-15(13)19-11(2)21-22;/h12-14,23H,3-10H2,1-2H3,(H2,17,18,20);1H. The van der Waals surface area contributed by atoms with Crippen molar-refractivity contribution in [1.82, 2.24) is 25.4 Å². The lowest BCUT2D eigenvalue weighted by molar-refractivity contribution is 0.136. The van der Waals surface area contributed by atoms with Crippen molar-refractivity contribution in [3.8, 4) is 0 Å². The Morgan fingerprint density at radius 1 is 1.33 bits per heavy atom. The summed E-state index contributed by atoms with van der Waals surface area (Å²) in [7, 11) is 0. The van der Waals surface area contributed by atoms with Crippen molar-refractivity contribution >= 4 is 29.9 Å². The summed E-state index contributed by atoms with van der Waals surface area (Å²) in [6, 6.07) is 0.149. The zero-order valence-electron chi connectivity index (χ0n) is 14.5. The Kier molecular flexibility index (Phi) is 7.27. The molecular weight excluding hydrogens is 419 g/mol. The van der Waals surface area contributed by atoms with Gasteiger partial charge in [0.05, 0.1) is 12.1 Å². The predicted molar refractivity (Wildman–Crippen MR) is 105 cm³/mol. The summed E-state index contributed by atoms with van der Waals surface area (Å²) in [5.41, 5.74) is 0. The molecule has 0 saturated heterocycles. The highest BCUT2D eigenvalue weighted by Crippen LogP contribution is 2.26. The van der Waals surface area contributed by atoms with Gasteiger partial charge >= 0.3 is 0 Å². The quantitative estimate of drug-likeness (QED) is 0.371. The molecule has 24 heavy (non-hydrogen) atoms. The maximum absolute atomic E-state index is 9.95. The average Bonchev–Trinajstić information content (AvgIpc) is 3.10. The lowest BCUT2D eigenvalue weighted by Gasteiger charge is -2.25. The molecule has 0 bridgehead atoms. The number of nitrogens with zero attached hydrogens (tertiary/aromatic N) is 4. The van der Waals surface area contributed by atoms with Gasteiger partial charge in [-0.15, -0.1) is 24.0 Å². The number of guanidine groups is 1. The van der Waals surface area contributed by atoms with Gasteiger partial charge in [-0.1, -0.05) is 6.42 Å². The fraction of sp³-hybridized carbons (Fsp3) is 0.812. The number of hydrogen-bond donors (Lipinski definition) is 3. The lowest BCUT2D eigenvalue weighted by Crippen LogP contribution is -2.42. The second-order valence-electron chi connectivity index (χ2n) is 6.56. The van der Waals surface area contributed by atoms with Crippen LogP contribution in [0.4, 0.5) is 0 Å². The summed E-state index contributed by atoms with van der Waals surface area (Å²) >= 11 is 0. The molecule has 1 saturated carbocycles.